The van der Waals surface area contributed by atoms with Crippen molar-refractivity contribution in [3.05, 3.63) is 41.9 Å². The molecule has 0 saturated carbocycles. The summed E-state index contributed by atoms with van der Waals surface area (Å²) < 4.78 is 7.98. The number of thioether (sulfide) groups is 1. The number of nitrogens with zero attached hydrogens (tertiary/aromatic N) is 3. The van der Waals surface area contributed by atoms with E-state index in [4.69, 9.17) is 16.6 Å². The lowest BCUT2D eigenvalue weighted by molar-refractivity contribution is 0.344. The van der Waals surface area contributed by atoms with E-state index in [1.165, 1.54) is 0 Å². The lowest BCUT2D eigenvalue weighted by Crippen LogP contribution is -2.37. The van der Waals surface area contributed by atoms with Crippen LogP contribution in [-0.4, -0.2) is 52.5 Å². The van der Waals surface area contributed by atoms with E-state index in [-0.39, 0.29) is 0 Å². The van der Waals surface area contributed by atoms with Crippen molar-refractivity contribution in [3.8, 4) is 0 Å². The maximum Gasteiger partial charge on any atom is 0.166 e. The van der Waals surface area contributed by atoms with Crippen molar-refractivity contribution in [3.63, 3.8) is 0 Å². The molecule has 0 aromatic carbocycles. The summed E-state index contributed by atoms with van der Waals surface area (Å²) in [5.41, 5.74) is 0. The molecule has 2 aromatic heterocycles. The highest BCUT2D eigenvalue weighted by Gasteiger charge is 2.03. The van der Waals surface area contributed by atoms with Crippen LogP contribution < -0.4 is 10.6 Å². The molecule has 2 N–H and O–H groups in total. The highest BCUT2D eigenvalue weighted by Crippen LogP contribution is 2.15. The minimum absolute atomic E-state index is 0.737. The fraction of sp³-hybridized carbons (Fsp3) is 0.579. The normalized spacial score (nSPS) is 11.1. The molecule has 0 aliphatic rings. The molecule has 0 amide bonds. The van der Waals surface area contributed by atoms with Crippen molar-refractivity contribution >= 4 is 29.1 Å². The minimum Gasteiger partial charge on any atom is -0.464 e. The Morgan fingerprint density at radius 1 is 1.22 bits per heavy atom. The van der Waals surface area contributed by atoms with Crippen LogP contribution in [0.1, 0.15) is 30.2 Å². The highest BCUT2D eigenvalue weighted by molar-refractivity contribution is 7.98. The number of rotatable bonds is 12. The van der Waals surface area contributed by atoms with Gasteiger partial charge in [0.05, 0.1) is 12.3 Å². The van der Waals surface area contributed by atoms with Crippen LogP contribution in [0.2, 0.25) is 0 Å². The van der Waals surface area contributed by atoms with Gasteiger partial charge in [0.2, 0.25) is 0 Å². The molecule has 2 aromatic rings. The van der Waals surface area contributed by atoms with E-state index in [2.05, 4.69) is 37.2 Å². The third-order valence-corrected chi connectivity index (χ3v) is 5.27. The third kappa shape index (κ3) is 8.81. The number of thiocarbonyl (C=S) groups is 1. The maximum atomic E-state index is 5.81. The van der Waals surface area contributed by atoms with Gasteiger partial charge in [-0.25, -0.2) is 4.98 Å². The van der Waals surface area contributed by atoms with Crippen LogP contribution in [0.25, 0.3) is 0 Å². The smallest absolute Gasteiger partial charge is 0.166 e. The Balaban J connectivity index is 1.45. The number of aromatic nitrogens is 2. The lowest BCUT2D eigenvalue weighted by Gasteiger charge is -2.10. The summed E-state index contributed by atoms with van der Waals surface area (Å²) >= 11 is 7.17. The molecule has 0 spiro atoms. The fourth-order valence-electron chi connectivity index (χ4n) is 2.62. The van der Waals surface area contributed by atoms with E-state index >= 15 is 0 Å². The van der Waals surface area contributed by atoms with Crippen LogP contribution in [0.3, 0.4) is 0 Å². The Morgan fingerprint density at radius 3 is 2.74 bits per heavy atom. The number of furan rings is 1. The molecule has 0 atom stereocenters. The molecular formula is C19H31N5OS2. The van der Waals surface area contributed by atoms with E-state index in [1.807, 2.05) is 45.2 Å². The number of hydrogen-bond acceptors (Lipinski definition) is 5. The summed E-state index contributed by atoms with van der Waals surface area (Å²) in [5, 5.41) is 7.27. The summed E-state index contributed by atoms with van der Waals surface area (Å²) in [6.45, 7) is 5.63. The second-order valence-corrected chi connectivity index (χ2v) is 8.23. The van der Waals surface area contributed by atoms with E-state index < -0.39 is 0 Å². The second kappa shape index (κ2) is 12.0. The van der Waals surface area contributed by atoms with Crippen molar-refractivity contribution in [2.45, 2.75) is 38.6 Å². The van der Waals surface area contributed by atoms with E-state index in [0.29, 0.717) is 0 Å². The lowest BCUT2D eigenvalue weighted by atomic mass is 10.3. The van der Waals surface area contributed by atoms with Gasteiger partial charge >= 0.3 is 0 Å². The largest absolute Gasteiger partial charge is 0.464 e. The molecule has 2 rings (SSSR count). The first-order chi connectivity index (χ1) is 13.0. The summed E-state index contributed by atoms with van der Waals surface area (Å²) in [5.74, 6) is 5.00. The SMILES string of the molecule is Cc1nccn1CCCCNC(=S)NCCSCc1ccc(CN(C)C)o1. The van der Waals surface area contributed by atoms with E-state index in [9.17, 15) is 0 Å². The number of aryl methyl sites for hydroxylation is 2. The summed E-state index contributed by atoms with van der Waals surface area (Å²) in [7, 11) is 4.08. The molecule has 0 fully saturated rings. The number of hydrogen-bond donors (Lipinski definition) is 2. The first kappa shape index (κ1) is 21.8. The Hall–Kier alpha value is -1.51. The summed E-state index contributed by atoms with van der Waals surface area (Å²) in [6.07, 6.45) is 6.07. The standard InChI is InChI=1S/C19H31N5OS2/c1-16-20-9-12-24(16)11-5-4-8-21-19(26)22-10-13-27-15-18-7-6-17(25-18)14-23(2)3/h6-7,9,12H,4-5,8,10-11,13-15H2,1-3H3,(H2,21,22,26). The van der Waals surface area contributed by atoms with Gasteiger partial charge in [0.1, 0.15) is 17.3 Å². The predicted octanol–water partition coefficient (Wildman–Crippen LogP) is 3.02. The summed E-state index contributed by atoms with van der Waals surface area (Å²) in [4.78, 5) is 6.33. The number of imidazole rings is 1. The molecule has 6 nitrogen and oxygen atoms in total. The molecular weight excluding hydrogens is 378 g/mol. The first-order valence-corrected chi connectivity index (χ1v) is 10.9. The third-order valence-electron chi connectivity index (χ3n) is 4.00. The van der Waals surface area contributed by atoms with E-state index in [1.54, 1.807) is 0 Å². The van der Waals surface area contributed by atoms with Crippen molar-refractivity contribution in [2.75, 3.05) is 32.9 Å². The molecule has 0 saturated heterocycles. The zero-order valence-electron chi connectivity index (χ0n) is 16.5. The Labute approximate surface area is 172 Å². The van der Waals surface area contributed by atoms with Gasteiger partial charge in [-0.05, 0) is 58.2 Å². The van der Waals surface area contributed by atoms with Crippen LogP contribution in [0.4, 0.5) is 0 Å². The van der Waals surface area contributed by atoms with Crippen molar-refractivity contribution < 1.29 is 4.42 Å². The Morgan fingerprint density at radius 2 is 2.00 bits per heavy atom. The minimum atomic E-state index is 0.737. The van der Waals surface area contributed by atoms with E-state index in [0.717, 1.165) is 73.0 Å². The zero-order chi connectivity index (χ0) is 19.5. The van der Waals surface area contributed by atoms with Gasteiger partial charge < -0.3 is 24.5 Å². The molecule has 8 heteroatoms. The van der Waals surface area contributed by atoms with Crippen LogP contribution in [0.5, 0.6) is 0 Å². The number of nitrogens with one attached hydrogen (secondary N) is 2. The van der Waals surface area contributed by atoms with Gasteiger partial charge in [-0.3, -0.25) is 0 Å². The molecule has 0 radical (unpaired) electrons. The molecule has 0 bridgehead atoms. The molecule has 0 aliphatic heterocycles. The van der Waals surface area contributed by atoms with Gasteiger partial charge in [-0.1, -0.05) is 0 Å². The average Bonchev–Trinajstić information content (AvgIpc) is 3.23. The van der Waals surface area contributed by atoms with Gasteiger partial charge in [-0.15, -0.1) is 0 Å². The summed E-state index contributed by atoms with van der Waals surface area (Å²) in [6, 6.07) is 4.12. The van der Waals surface area contributed by atoms with Crippen molar-refractivity contribution in [1.29, 1.82) is 0 Å². The maximum absolute atomic E-state index is 5.81. The topological polar surface area (TPSA) is 58.3 Å². The number of unbranched alkanes of at least 4 members (excludes halogenated alkanes) is 1. The predicted molar refractivity (Wildman–Crippen MR) is 117 cm³/mol. The van der Waals surface area contributed by atoms with Gasteiger partial charge in [0.25, 0.3) is 0 Å². The molecule has 150 valence electrons. The second-order valence-electron chi connectivity index (χ2n) is 6.72. The van der Waals surface area contributed by atoms with Crippen LogP contribution in [0.15, 0.2) is 28.9 Å². The molecule has 0 unspecified atom stereocenters. The first-order valence-electron chi connectivity index (χ1n) is 9.34. The van der Waals surface area contributed by atoms with Crippen molar-refractivity contribution in [1.82, 2.24) is 25.1 Å². The van der Waals surface area contributed by atoms with Crippen molar-refractivity contribution in [2.24, 2.45) is 0 Å². The quantitative estimate of drug-likeness (QED) is 0.413. The molecule has 0 aliphatic carbocycles. The van der Waals surface area contributed by atoms with Crippen LogP contribution in [-0.2, 0) is 18.8 Å². The Bertz CT molecular complexity index is 683. The zero-order valence-corrected chi connectivity index (χ0v) is 18.2. The van der Waals surface area contributed by atoms with Gasteiger partial charge in [-0.2, -0.15) is 11.8 Å². The molecule has 27 heavy (non-hydrogen) atoms. The van der Waals surface area contributed by atoms with Crippen LogP contribution in [0, 0.1) is 6.92 Å². The highest BCUT2D eigenvalue weighted by atomic mass is 32.2. The van der Waals surface area contributed by atoms with Crippen LogP contribution >= 0.6 is 24.0 Å². The molecule has 2 heterocycles. The van der Waals surface area contributed by atoms with Gasteiger partial charge in [0.15, 0.2) is 5.11 Å². The average molecular weight is 410 g/mol. The van der Waals surface area contributed by atoms with Gasteiger partial charge in [0, 0.05) is 37.8 Å². The Kier molecular flexibility index (Phi) is 9.72. The monoisotopic (exact) mass is 409 g/mol. The fourth-order valence-corrected chi connectivity index (χ4v) is 3.57.